The lowest BCUT2D eigenvalue weighted by molar-refractivity contribution is -0.121. The number of nitrogens with one attached hydrogen (secondary N) is 1. The minimum Gasteiger partial charge on any atom is -0.352 e. The number of hydrogen-bond acceptors (Lipinski definition) is 2. The van der Waals surface area contributed by atoms with Gasteiger partial charge in [-0.25, -0.2) is 4.98 Å². The number of benzene rings is 2. The smallest absolute Gasteiger partial charge is 0.220 e. The van der Waals surface area contributed by atoms with Gasteiger partial charge in [-0.2, -0.15) is 0 Å². The minimum absolute atomic E-state index is 0.0518. The quantitative estimate of drug-likeness (QED) is 0.786. The fourth-order valence-electron chi connectivity index (χ4n) is 2.53. The number of imidazole rings is 1. The van der Waals surface area contributed by atoms with Crippen molar-refractivity contribution in [1.82, 2.24) is 14.9 Å². The number of nitrogens with zero attached hydrogens (tertiary/aromatic N) is 2. The van der Waals surface area contributed by atoms with Gasteiger partial charge in [-0.05, 0) is 17.7 Å². The Kier molecular flexibility index (Phi) is 4.19. The molecule has 1 heterocycles. The zero-order chi connectivity index (χ0) is 15.4. The summed E-state index contributed by atoms with van der Waals surface area (Å²) in [7, 11) is 1.99. The number of para-hydroxylation sites is 2. The lowest BCUT2D eigenvalue weighted by Crippen LogP contribution is -2.23. The summed E-state index contributed by atoms with van der Waals surface area (Å²) in [5, 5.41) is 2.95. The lowest BCUT2D eigenvalue weighted by atomic mass is 10.2. The first-order valence-electron chi connectivity index (χ1n) is 7.45. The fourth-order valence-corrected chi connectivity index (χ4v) is 2.53. The standard InChI is InChI=1S/C18H19N3O/c1-21-16-10-6-5-9-15(16)20-17(21)11-12-18(22)19-13-14-7-3-2-4-8-14/h2-10H,11-13H2,1H3,(H,19,22). The van der Waals surface area contributed by atoms with E-state index in [-0.39, 0.29) is 5.91 Å². The molecule has 4 heteroatoms. The van der Waals surface area contributed by atoms with E-state index >= 15 is 0 Å². The van der Waals surface area contributed by atoms with Crippen LogP contribution in [0.5, 0.6) is 0 Å². The maximum atomic E-state index is 12.0. The predicted molar refractivity (Wildman–Crippen MR) is 87.3 cm³/mol. The minimum atomic E-state index is 0.0518. The molecule has 0 unspecified atom stereocenters. The summed E-state index contributed by atoms with van der Waals surface area (Å²) in [5.74, 6) is 0.993. The highest BCUT2D eigenvalue weighted by Crippen LogP contribution is 2.15. The summed E-state index contributed by atoms with van der Waals surface area (Å²) >= 11 is 0. The SMILES string of the molecule is Cn1c(CCC(=O)NCc2ccccc2)nc2ccccc21. The molecule has 0 saturated heterocycles. The van der Waals surface area contributed by atoms with Gasteiger partial charge in [0.05, 0.1) is 11.0 Å². The third-order valence-electron chi connectivity index (χ3n) is 3.79. The second-order valence-corrected chi connectivity index (χ2v) is 5.34. The molecule has 0 saturated carbocycles. The van der Waals surface area contributed by atoms with Crippen LogP contribution in [0, 0.1) is 0 Å². The van der Waals surface area contributed by atoms with Gasteiger partial charge >= 0.3 is 0 Å². The van der Waals surface area contributed by atoms with E-state index in [0.29, 0.717) is 19.4 Å². The molecule has 0 fully saturated rings. The first-order chi connectivity index (χ1) is 10.7. The van der Waals surface area contributed by atoms with Crippen molar-refractivity contribution < 1.29 is 4.79 Å². The summed E-state index contributed by atoms with van der Waals surface area (Å²) in [6, 6.07) is 17.9. The largest absolute Gasteiger partial charge is 0.352 e. The van der Waals surface area contributed by atoms with Crippen LogP contribution in [-0.4, -0.2) is 15.5 Å². The third kappa shape index (κ3) is 3.17. The molecule has 22 heavy (non-hydrogen) atoms. The van der Waals surface area contributed by atoms with Crippen molar-refractivity contribution in [3.05, 3.63) is 66.0 Å². The molecule has 0 radical (unpaired) electrons. The average molecular weight is 293 g/mol. The van der Waals surface area contributed by atoms with Crippen LogP contribution in [0.1, 0.15) is 17.8 Å². The van der Waals surface area contributed by atoms with Gasteiger partial charge in [-0.1, -0.05) is 42.5 Å². The molecule has 4 nitrogen and oxygen atoms in total. The highest BCUT2D eigenvalue weighted by atomic mass is 16.1. The molecule has 1 aromatic heterocycles. The molecule has 3 aromatic rings. The number of carbonyl (C=O) groups excluding carboxylic acids is 1. The molecule has 0 aliphatic carbocycles. The topological polar surface area (TPSA) is 46.9 Å². The molecule has 0 aliphatic heterocycles. The summed E-state index contributed by atoms with van der Waals surface area (Å²) in [6.07, 6.45) is 1.09. The zero-order valence-corrected chi connectivity index (χ0v) is 12.6. The van der Waals surface area contributed by atoms with E-state index in [1.54, 1.807) is 0 Å². The number of carbonyl (C=O) groups is 1. The number of hydrogen-bond donors (Lipinski definition) is 1. The van der Waals surface area contributed by atoms with Crippen LogP contribution in [0.3, 0.4) is 0 Å². The van der Waals surface area contributed by atoms with E-state index in [1.807, 2.05) is 61.6 Å². The van der Waals surface area contributed by atoms with Gasteiger partial charge in [-0.3, -0.25) is 4.79 Å². The average Bonchev–Trinajstić information content (AvgIpc) is 2.88. The normalized spacial score (nSPS) is 10.8. The molecule has 0 spiro atoms. The maximum Gasteiger partial charge on any atom is 0.220 e. The number of aryl methyl sites for hydroxylation is 2. The van der Waals surface area contributed by atoms with Crippen molar-refractivity contribution in [3.63, 3.8) is 0 Å². The van der Waals surface area contributed by atoms with Gasteiger partial charge in [0, 0.05) is 26.4 Å². The number of rotatable bonds is 5. The van der Waals surface area contributed by atoms with Crippen LogP contribution in [-0.2, 0) is 24.8 Å². The molecular weight excluding hydrogens is 274 g/mol. The van der Waals surface area contributed by atoms with Crippen LogP contribution in [0.25, 0.3) is 11.0 Å². The first-order valence-corrected chi connectivity index (χ1v) is 7.45. The zero-order valence-electron chi connectivity index (χ0n) is 12.6. The Morgan fingerprint density at radius 1 is 1.09 bits per heavy atom. The van der Waals surface area contributed by atoms with Crippen LogP contribution >= 0.6 is 0 Å². The number of amides is 1. The van der Waals surface area contributed by atoms with Gasteiger partial charge in [0.25, 0.3) is 0 Å². The Morgan fingerprint density at radius 2 is 1.82 bits per heavy atom. The Labute approximate surface area is 129 Å². The first kappa shape index (κ1) is 14.3. The molecule has 1 N–H and O–H groups in total. The third-order valence-corrected chi connectivity index (χ3v) is 3.79. The van der Waals surface area contributed by atoms with Crippen molar-refractivity contribution >= 4 is 16.9 Å². The second kappa shape index (κ2) is 6.43. The molecule has 0 bridgehead atoms. The van der Waals surface area contributed by atoms with Crippen molar-refractivity contribution in [2.45, 2.75) is 19.4 Å². The molecule has 1 amide bonds. The summed E-state index contributed by atoms with van der Waals surface area (Å²) in [4.78, 5) is 16.6. The van der Waals surface area contributed by atoms with Crippen molar-refractivity contribution in [1.29, 1.82) is 0 Å². The van der Waals surface area contributed by atoms with Crippen LogP contribution in [0.2, 0.25) is 0 Å². The van der Waals surface area contributed by atoms with Gasteiger partial charge < -0.3 is 9.88 Å². The Morgan fingerprint density at radius 3 is 2.59 bits per heavy atom. The van der Waals surface area contributed by atoms with Crippen molar-refractivity contribution in [3.8, 4) is 0 Å². The molecule has 112 valence electrons. The second-order valence-electron chi connectivity index (χ2n) is 5.34. The lowest BCUT2D eigenvalue weighted by Gasteiger charge is -2.05. The highest BCUT2D eigenvalue weighted by Gasteiger charge is 2.09. The van der Waals surface area contributed by atoms with E-state index in [0.717, 1.165) is 22.4 Å². The Hall–Kier alpha value is -2.62. The van der Waals surface area contributed by atoms with Gasteiger partial charge in [0.1, 0.15) is 5.82 Å². The van der Waals surface area contributed by atoms with Gasteiger partial charge in [-0.15, -0.1) is 0 Å². The predicted octanol–water partition coefficient (Wildman–Crippen LogP) is 2.82. The number of aromatic nitrogens is 2. The summed E-state index contributed by atoms with van der Waals surface area (Å²) in [6.45, 7) is 0.572. The maximum absolute atomic E-state index is 12.0. The van der Waals surface area contributed by atoms with E-state index in [9.17, 15) is 4.79 Å². The van der Waals surface area contributed by atoms with E-state index in [4.69, 9.17) is 0 Å². The molecule has 3 rings (SSSR count). The van der Waals surface area contributed by atoms with E-state index < -0.39 is 0 Å². The van der Waals surface area contributed by atoms with Crippen molar-refractivity contribution in [2.24, 2.45) is 7.05 Å². The molecular formula is C18H19N3O. The van der Waals surface area contributed by atoms with Crippen molar-refractivity contribution in [2.75, 3.05) is 0 Å². The monoisotopic (exact) mass is 293 g/mol. The summed E-state index contributed by atoms with van der Waals surface area (Å²) < 4.78 is 2.06. The molecule has 0 atom stereocenters. The Bertz CT molecular complexity index is 777. The number of fused-ring (bicyclic) bond motifs is 1. The molecule has 2 aromatic carbocycles. The van der Waals surface area contributed by atoms with E-state index in [2.05, 4.69) is 14.9 Å². The summed E-state index contributed by atoms with van der Waals surface area (Å²) in [5.41, 5.74) is 3.19. The fraction of sp³-hybridized carbons (Fsp3) is 0.222. The molecule has 0 aliphatic rings. The Balaban J connectivity index is 1.57. The van der Waals surface area contributed by atoms with E-state index in [1.165, 1.54) is 0 Å². The van der Waals surface area contributed by atoms with Gasteiger partial charge in [0.15, 0.2) is 0 Å². The van der Waals surface area contributed by atoms with Crippen LogP contribution < -0.4 is 5.32 Å². The highest BCUT2D eigenvalue weighted by molar-refractivity contribution is 5.77. The van der Waals surface area contributed by atoms with Gasteiger partial charge in [0.2, 0.25) is 5.91 Å². The van der Waals surface area contributed by atoms with Crippen LogP contribution in [0.15, 0.2) is 54.6 Å². The van der Waals surface area contributed by atoms with Crippen LogP contribution in [0.4, 0.5) is 0 Å².